The van der Waals surface area contributed by atoms with Gasteiger partial charge < -0.3 is 10.4 Å². The van der Waals surface area contributed by atoms with Gasteiger partial charge in [-0.2, -0.15) is 0 Å². The lowest BCUT2D eigenvalue weighted by molar-refractivity contribution is -0.142. The maximum absolute atomic E-state index is 12.0. The molecule has 0 spiro atoms. The monoisotopic (exact) mass is 277 g/mol. The van der Waals surface area contributed by atoms with Crippen LogP contribution in [-0.4, -0.2) is 23.5 Å². The summed E-state index contributed by atoms with van der Waals surface area (Å²) in [4.78, 5) is 23.0. The SMILES string of the molecule is CC(C)c1ccc(C(=O)NCC(C(=O)O)C(C)C)cc1. The van der Waals surface area contributed by atoms with E-state index in [1.165, 1.54) is 5.56 Å². The van der Waals surface area contributed by atoms with Gasteiger partial charge in [0.05, 0.1) is 5.92 Å². The summed E-state index contributed by atoms with van der Waals surface area (Å²) < 4.78 is 0. The van der Waals surface area contributed by atoms with Crippen molar-refractivity contribution in [1.29, 1.82) is 0 Å². The molecule has 1 rings (SSSR count). The number of aliphatic carboxylic acids is 1. The Balaban J connectivity index is 2.64. The molecule has 0 saturated carbocycles. The number of rotatable bonds is 6. The molecule has 0 aliphatic carbocycles. The number of carbonyl (C=O) groups is 2. The third-order valence-corrected chi connectivity index (χ3v) is 3.44. The lowest BCUT2D eigenvalue weighted by atomic mass is 9.96. The topological polar surface area (TPSA) is 66.4 Å². The Bertz CT molecular complexity index is 463. The van der Waals surface area contributed by atoms with E-state index in [1.54, 1.807) is 12.1 Å². The average Bonchev–Trinajstić information content (AvgIpc) is 2.38. The van der Waals surface area contributed by atoms with E-state index in [0.717, 1.165) is 0 Å². The van der Waals surface area contributed by atoms with Crippen LogP contribution in [0.5, 0.6) is 0 Å². The van der Waals surface area contributed by atoms with E-state index in [9.17, 15) is 9.59 Å². The lowest BCUT2D eigenvalue weighted by Crippen LogP contribution is -2.35. The van der Waals surface area contributed by atoms with E-state index in [1.807, 2.05) is 26.0 Å². The van der Waals surface area contributed by atoms with Crippen LogP contribution in [0, 0.1) is 11.8 Å². The van der Waals surface area contributed by atoms with E-state index in [2.05, 4.69) is 19.2 Å². The van der Waals surface area contributed by atoms with Crippen LogP contribution in [0.1, 0.15) is 49.5 Å². The van der Waals surface area contributed by atoms with Crippen molar-refractivity contribution in [3.63, 3.8) is 0 Å². The summed E-state index contributed by atoms with van der Waals surface area (Å²) in [7, 11) is 0. The van der Waals surface area contributed by atoms with Gasteiger partial charge >= 0.3 is 5.97 Å². The zero-order chi connectivity index (χ0) is 15.3. The highest BCUT2D eigenvalue weighted by molar-refractivity contribution is 5.94. The van der Waals surface area contributed by atoms with E-state index >= 15 is 0 Å². The fourth-order valence-corrected chi connectivity index (χ4v) is 1.93. The van der Waals surface area contributed by atoms with Crippen LogP contribution in [-0.2, 0) is 4.79 Å². The van der Waals surface area contributed by atoms with Gasteiger partial charge in [0.1, 0.15) is 0 Å². The normalized spacial score (nSPS) is 12.5. The molecule has 0 bridgehead atoms. The Kier molecular flexibility index (Phi) is 5.74. The molecule has 1 amide bonds. The van der Waals surface area contributed by atoms with E-state index in [4.69, 9.17) is 5.11 Å². The molecule has 0 aromatic heterocycles. The van der Waals surface area contributed by atoms with Gasteiger partial charge in [0.2, 0.25) is 0 Å². The number of carbonyl (C=O) groups excluding carboxylic acids is 1. The van der Waals surface area contributed by atoms with Crippen molar-refractivity contribution in [3.8, 4) is 0 Å². The molecule has 0 aliphatic rings. The number of nitrogens with one attached hydrogen (secondary N) is 1. The van der Waals surface area contributed by atoms with Crippen LogP contribution < -0.4 is 5.32 Å². The molecule has 20 heavy (non-hydrogen) atoms. The van der Waals surface area contributed by atoms with Crippen LogP contribution in [0.4, 0.5) is 0 Å². The van der Waals surface area contributed by atoms with Crippen LogP contribution in [0.3, 0.4) is 0 Å². The zero-order valence-electron chi connectivity index (χ0n) is 12.5. The maximum Gasteiger partial charge on any atom is 0.308 e. The minimum absolute atomic E-state index is 0.0175. The molecule has 1 atom stereocenters. The Morgan fingerprint density at radius 3 is 2.05 bits per heavy atom. The van der Waals surface area contributed by atoms with Crippen molar-refractivity contribution in [2.75, 3.05) is 6.54 Å². The van der Waals surface area contributed by atoms with Crippen molar-refractivity contribution in [3.05, 3.63) is 35.4 Å². The quantitative estimate of drug-likeness (QED) is 0.840. The van der Waals surface area contributed by atoms with E-state index < -0.39 is 11.9 Å². The Hall–Kier alpha value is -1.84. The fraction of sp³-hybridized carbons (Fsp3) is 0.500. The molecule has 2 N–H and O–H groups in total. The van der Waals surface area contributed by atoms with Crippen molar-refractivity contribution >= 4 is 11.9 Å². The van der Waals surface area contributed by atoms with Gasteiger partial charge in [-0.1, -0.05) is 39.8 Å². The van der Waals surface area contributed by atoms with Crippen molar-refractivity contribution < 1.29 is 14.7 Å². The van der Waals surface area contributed by atoms with Gasteiger partial charge in [-0.15, -0.1) is 0 Å². The predicted molar refractivity (Wildman–Crippen MR) is 78.8 cm³/mol. The zero-order valence-corrected chi connectivity index (χ0v) is 12.5. The summed E-state index contributed by atoms with van der Waals surface area (Å²) in [5, 5.41) is 11.8. The molecule has 110 valence electrons. The van der Waals surface area contributed by atoms with Crippen LogP contribution >= 0.6 is 0 Å². The Morgan fingerprint density at radius 1 is 1.10 bits per heavy atom. The molecule has 4 heteroatoms. The van der Waals surface area contributed by atoms with Crippen LogP contribution in [0.25, 0.3) is 0 Å². The van der Waals surface area contributed by atoms with Gasteiger partial charge in [-0.3, -0.25) is 9.59 Å². The summed E-state index contributed by atoms with van der Waals surface area (Å²) in [6.45, 7) is 8.01. The third-order valence-electron chi connectivity index (χ3n) is 3.44. The molecule has 0 heterocycles. The van der Waals surface area contributed by atoms with Gasteiger partial charge in [0, 0.05) is 12.1 Å². The van der Waals surface area contributed by atoms with E-state index in [-0.39, 0.29) is 18.4 Å². The number of amides is 1. The standard InChI is InChI=1S/C16H23NO3/c1-10(2)12-5-7-13(8-6-12)15(18)17-9-14(11(3)4)16(19)20/h5-8,10-11,14H,9H2,1-4H3,(H,17,18)(H,19,20). The minimum Gasteiger partial charge on any atom is -0.481 e. The van der Waals surface area contributed by atoms with Crippen molar-refractivity contribution in [2.45, 2.75) is 33.6 Å². The first kappa shape index (κ1) is 16.2. The third kappa shape index (κ3) is 4.37. The van der Waals surface area contributed by atoms with Gasteiger partial charge in [0.15, 0.2) is 0 Å². The molecule has 1 aromatic rings. The van der Waals surface area contributed by atoms with Crippen molar-refractivity contribution in [2.24, 2.45) is 11.8 Å². The largest absolute Gasteiger partial charge is 0.481 e. The Labute approximate surface area is 120 Å². The minimum atomic E-state index is -0.879. The molecule has 1 aromatic carbocycles. The Morgan fingerprint density at radius 2 is 1.65 bits per heavy atom. The predicted octanol–water partition coefficient (Wildman–Crippen LogP) is 2.90. The second-order valence-electron chi connectivity index (χ2n) is 5.68. The first-order valence-electron chi connectivity index (χ1n) is 6.94. The summed E-state index contributed by atoms with van der Waals surface area (Å²) >= 11 is 0. The van der Waals surface area contributed by atoms with E-state index in [0.29, 0.717) is 11.5 Å². The molecule has 0 saturated heterocycles. The highest BCUT2D eigenvalue weighted by atomic mass is 16.4. The van der Waals surface area contributed by atoms with Gasteiger partial charge in [-0.05, 0) is 29.5 Å². The molecule has 1 unspecified atom stereocenters. The average molecular weight is 277 g/mol. The second kappa shape index (κ2) is 7.08. The molecule has 0 aliphatic heterocycles. The molecule has 4 nitrogen and oxygen atoms in total. The summed E-state index contributed by atoms with van der Waals surface area (Å²) in [5.74, 6) is -1.27. The highest BCUT2D eigenvalue weighted by Crippen LogP contribution is 2.15. The highest BCUT2D eigenvalue weighted by Gasteiger charge is 2.22. The van der Waals surface area contributed by atoms with Crippen molar-refractivity contribution in [1.82, 2.24) is 5.32 Å². The summed E-state index contributed by atoms with van der Waals surface area (Å²) in [6.07, 6.45) is 0. The number of carboxylic acid groups (broad SMARTS) is 1. The van der Waals surface area contributed by atoms with Crippen LogP contribution in [0.2, 0.25) is 0 Å². The summed E-state index contributed by atoms with van der Waals surface area (Å²) in [6, 6.07) is 7.40. The molecule has 0 radical (unpaired) electrons. The molecular weight excluding hydrogens is 254 g/mol. The number of hydrogen-bond donors (Lipinski definition) is 2. The second-order valence-corrected chi connectivity index (χ2v) is 5.68. The number of carboxylic acids is 1. The lowest BCUT2D eigenvalue weighted by Gasteiger charge is -2.16. The fourth-order valence-electron chi connectivity index (χ4n) is 1.93. The first-order chi connectivity index (χ1) is 9.32. The van der Waals surface area contributed by atoms with Gasteiger partial charge in [0.25, 0.3) is 5.91 Å². The first-order valence-corrected chi connectivity index (χ1v) is 6.94. The smallest absolute Gasteiger partial charge is 0.308 e. The number of hydrogen-bond acceptors (Lipinski definition) is 2. The van der Waals surface area contributed by atoms with Gasteiger partial charge in [-0.25, -0.2) is 0 Å². The van der Waals surface area contributed by atoms with Crippen LogP contribution in [0.15, 0.2) is 24.3 Å². The molecule has 0 fully saturated rings. The molecular formula is C16H23NO3. The summed E-state index contributed by atoms with van der Waals surface area (Å²) in [5.41, 5.74) is 1.73. The maximum atomic E-state index is 12.0. The number of benzene rings is 1.